The van der Waals surface area contributed by atoms with Gasteiger partial charge in [0, 0.05) is 6.42 Å². The van der Waals surface area contributed by atoms with Gasteiger partial charge >= 0.3 is 0 Å². The molecule has 0 aliphatic heterocycles. The van der Waals surface area contributed by atoms with Crippen LogP contribution in [0.5, 0.6) is 0 Å². The fraction of sp³-hybridized carbons (Fsp3) is 0.174. The smallest absolute Gasteiger partial charge is 0.0161 e. The van der Waals surface area contributed by atoms with E-state index in [-0.39, 0.29) is 0 Å². The first-order valence-electron chi connectivity index (χ1n) is 8.51. The molecule has 111 valence electrons. The normalized spacial score (nSPS) is 15.6. The molecule has 3 aromatic rings. The Kier molecular flexibility index (Phi) is 2.76. The second kappa shape index (κ2) is 4.83. The number of hydrogen-bond acceptors (Lipinski definition) is 0. The Balaban J connectivity index is 1.90. The topological polar surface area (TPSA) is 0 Å². The van der Waals surface area contributed by atoms with Crippen LogP contribution >= 0.6 is 0 Å². The van der Waals surface area contributed by atoms with Crippen molar-refractivity contribution in [2.45, 2.75) is 26.2 Å². The molecule has 0 atom stereocenters. The molecule has 0 nitrogen and oxygen atoms in total. The zero-order chi connectivity index (χ0) is 15.4. The molecule has 2 aliphatic rings. The van der Waals surface area contributed by atoms with Crippen LogP contribution in [-0.2, 0) is 12.8 Å². The van der Waals surface area contributed by atoms with Gasteiger partial charge < -0.3 is 0 Å². The van der Waals surface area contributed by atoms with Crippen LogP contribution in [0.15, 0.2) is 54.1 Å². The van der Waals surface area contributed by atoms with Crippen LogP contribution in [0, 0.1) is 6.42 Å². The summed E-state index contributed by atoms with van der Waals surface area (Å²) in [5.41, 5.74) is 10.2. The fourth-order valence-electron chi connectivity index (χ4n) is 4.32. The summed E-state index contributed by atoms with van der Waals surface area (Å²) in [5, 5.41) is 2.70. The van der Waals surface area contributed by atoms with Crippen LogP contribution in [0.25, 0.3) is 28.0 Å². The molecule has 0 aromatic heterocycles. The zero-order valence-corrected chi connectivity index (χ0v) is 13.4. The molecule has 3 aromatic carbocycles. The van der Waals surface area contributed by atoms with Gasteiger partial charge in [-0.15, -0.1) is 0 Å². The second-order valence-corrected chi connectivity index (χ2v) is 6.81. The Morgan fingerprint density at radius 2 is 1.78 bits per heavy atom. The van der Waals surface area contributed by atoms with E-state index < -0.39 is 0 Å². The van der Waals surface area contributed by atoms with Gasteiger partial charge in [-0.3, -0.25) is 0 Å². The van der Waals surface area contributed by atoms with Gasteiger partial charge in [0.1, 0.15) is 0 Å². The average molecular weight is 295 g/mol. The molecule has 0 fully saturated rings. The second-order valence-electron chi connectivity index (χ2n) is 6.81. The minimum atomic E-state index is 1.22. The van der Waals surface area contributed by atoms with Crippen molar-refractivity contribution in [1.29, 1.82) is 0 Å². The lowest BCUT2D eigenvalue weighted by Gasteiger charge is -2.16. The van der Waals surface area contributed by atoms with E-state index in [1.807, 2.05) is 0 Å². The Morgan fingerprint density at radius 3 is 2.74 bits per heavy atom. The molecular weight excluding hydrogens is 276 g/mol. The average Bonchev–Trinajstić information content (AvgIpc) is 3.17. The number of rotatable bonds is 1. The van der Waals surface area contributed by atoms with Gasteiger partial charge in [0.2, 0.25) is 0 Å². The number of benzene rings is 3. The van der Waals surface area contributed by atoms with Crippen molar-refractivity contribution < 1.29 is 0 Å². The summed E-state index contributed by atoms with van der Waals surface area (Å²) >= 11 is 0. The molecule has 2 aliphatic carbocycles. The van der Waals surface area contributed by atoms with Crippen LogP contribution in [0.4, 0.5) is 0 Å². The van der Waals surface area contributed by atoms with Crippen molar-refractivity contribution in [2.24, 2.45) is 0 Å². The lowest BCUT2D eigenvalue weighted by Crippen LogP contribution is -1.96. The molecule has 0 saturated heterocycles. The molecule has 0 amide bonds. The standard InChI is InChI=1S/C23H19/c1-15-12-18-14-17-8-5-10-20(17)23(22(18)13-15)21-11-4-7-16-6-2-3-9-19(16)21/h2-4,6-7,9,11-14H,5,8,10H2,1H3. The quantitative estimate of drug-likeness (QED) is 0.519. The fourth-order valence-corrected chi connectivity index (χ4v) is 4.32. The van der Waals surface area contributed by atoms with Crippen molar-refractivity contribution in [3.63, 3.8) is 0 Å². The summed E-state index contributed by atoms with van der Waals surface area (Å²) in [5.74, 6) is 0. The van der Waals surface area contributed by atoms with Crippen molar-refractivity contribution in [1.82, 2.24) is 0 Å². The number of aryl methyl sites for hydroxylation is 1. The van der Waals surface area contributed by atoms with E-state index in [9.17, 15) is 0 Å². The van der Waals surface area contributed by atoms with E-state index >= 15 is 0 Å². The van der Waals surface area contributed by atoms with Crippen molar-refractivity contribution >= 4 is 16.8 Å². The maximum atomic E-state index is 2.43. The monoisotopic (exact) mass is 295 g/mol. The highest BCUT2D eigenvalue weighted by atomic mass is 14.3. The molecule has 0 N–H and O–H groups in total. The van der Waals surface area contributed by atoms with E-state index in [0.29, 0.717) is 0 Å². The SMILES string of the molecule is CC1=Cc2c(cc3c(c2-c2cccc4ccccc24)CCC3)[CH]1. The molecule has 1 radical (unpaired) electrons. The van der Waals surface area contributed by atoms with E-state index in [1.165, 1.54) is 57.9 Å². The molecule has 0 spiro atoms. The van der Waals surface area contributed by atoms with Gasteiger partial charge in [-0.05, 0) is 70.3 Å². The third-order valence-corrected chi connectivity index (χ3v) is 5.29. The van der Waals surface area contributed by atoms with Crippen LogP contribution in [0.1, 0.15) is 35.6 Å². The third kappa shape index (κ3) is 1.91. The molecule has 0 bridgehead atoms. The van der Waals surface area contributed by atoms with E-state index in [0.717, 1.165) is 0 Å². The lowest BCUT2D eigenvalue weighted by molar-refractivity contribution is 0.912. The van der Waals surface area contributed by atoms with E-state index in [2.05, 4.69) is 68.0 Å². The number of hydrogen-bond donors (Lipinski definition) is 0. The number of fused-ring (bicyclic) bond motifs is 3. The molecule has 0 heteroatoms. The van der Waals surface area contributed by atoms with E-state index in [4.69, 9.17) is 0 Å². The highest BCUT2D eigenvalue weighted by Crippen LogP contribution is 2.44. The summed E-state index contributed by atoms with van der Waals surface area (Å²) in [7, 11) is 0. The highest BCUT2D eigenvalue weighted by molar-refractivity contribution is 6.01. The first-order chi connectivity index (χ1) is 11.3. The van der Waals surface area contributed by atoms with Gasteiger partial charge in [-0.1, -0.05) is 60.2 Å². The summed E-state index contributed by atoms with van der Waals surface area (Å²) in [6.07, 6.45) is 8.44. The maximum Gasteiger partial charge on any atom is 0.0161 e. The Bertz CT molecular complexity index is 967. The molecule has 5 rings (SSSR count). The highest BCUT2D eigenvalue weighted by Gasteiger charge is 2.24. The van der Waals surface area contributed by atoms with Crippen LogP contribution < -0.4 is 0 Å². The van der Waals surface area contributed by atoms with Gasteiger partial charge in [0.15, 0.2) is 0 Å². The molecule has 0 heterocycles. The van der Waals surface area contributed by atoms with Crippen LogP contribution in [-0.4, -0.2) is 0 Å². The third-order valence-electron chi connectivity index (χ3n) is 5.29. The summed E-state index contributed by atoms with van der Waals surface area (Å²) < 4.78 is 0. The van der Waals surface area contributed by atoms with Gasteiger partial charge in [-0.2, -0.15) is 0 Å². The maximum absolute atomic E-state index is 2.43. The molecule has 0 saturated carbocycles. The zero-order valence-electron chi connectivity index (χ0n) is 13.4. The van der Waals surface area contributed by atoms with Gasteiger partial charge in [0.25, 0.3) is 0 Å². The van der Waals surface area contributed by atoms with Crippen molar-refractivity contribution in [3.8, 4) is 11.1 Å². The molecular formula is C23H19. The number of allylic oxidation sites excluding steroid dienone is 1. The summed E-state index contributed by atoms with van der Waals surface area (Å²) in [6, 6.07) is 17.9. The predicted octanol–water partition coefficient (Wildman–Crippen LogP) is 5.96. The minimum Gasteiger partial charge on any atom is -0.0642 e. The Labute approximate surface area is 137 Å². The first-order valence-corrected chi connectivity index (χ1v) is 8.51. The summed E-state index contributed by atoms with van der Waals surface area (Å²) in [6.45, 7) is 2.21. The largest absolute Gasteiger partial charge is 0.0642 e. The van der Waals surface area contributed by atoms with Gasteiger partial charge in [0.05, 0.1) is 0 Å². The summed E-state index contributed by atoms with van der Waals surface area (Å²) in [4.78, 5) is 0. The van der Waals surface area contributed by atoms with Gasteiger partial charge in [-0.25, -0.2) is 0 Å². The predicted molar refractivity (Wildman–Crippen MR) is 98.5 cm³/mol. The lowest BCUT2D eigenvalue weighted by atomic mass is 9.87. The first kappa shape index (κ1) is 13.1. The van der Waals surface area contributed by atoms with Crippen LogP contribution in [0.3, 0.4) is 0 Å². The Morgan fingerprint density at radius 1 is 0.913 bits per heavy atom. The Hall–Kier alpha value is -2.34. The van der Waals surface area contributed by atoms with Crippen LogP contribution in [0.2, 0.25) is 0 Å². The minimum absolute atomic E-state index is 1.22. The molecule has 0 unspecified atom stereocenters. The van der Waals surface area contributed by atoms with E-state index in [1.54, 1.807) is 11.1 Å². The van der Waals surface area contributed by atoms with Crippen molar-refractivity contribution in [3.05, 3.63) is 82.8 Å². The molecule has 23 heavy (non-hydrogen) atoms. The van der Waals surface area contributed by atoms with Crippen molar-refractivity contribution in [2.75, 3.05) is 0 Å².